The van der Waals surface area contributed by atoms with E-state index in [2.05, 4.69) is 19.1 Å². The molecule has 1 aromatic carbocycles. The SMILES string of the molecule is CCc1ccc(/C=C/C(=O)N2CCC(O)C(C)C2)cc1. The van der Waals surface area contributed by atoms with Crippen molar-refractivity contribution in [3.8, 4) is 0 Å². The topological polar surface area (TPSA) is 40.5 Å². The van der Waals surface area contributed by atoms with Crippen LogP contribution >= 0.6 is 0 Å². The van der Waals surface area contributed by atoms with Gasteiger partial charge < -0.3 is 10.0 Å². The van der Waals surface area contributed by atoms with Crippen LogP contribution in [-0.2, 0) is 11.2 Å². The predicted molar refractivity (Wildman–Crippen MR) is 81.2 cm³/mol. The number of amides is 1. The Morgan fingerprint density at radius 2 is 2.10 bits per heavy atom. The van der Waals surface area contributed by atoms with Gasteiger partial charge in [0.1, 0.15) is 0 Å². The molecule has 0 bridgehead atoms. The number of aliphatic hydroxyl groups excluding tert-OH is 1. The van der Waals surface area contributed by atoms with Crippen LogP contribution < -0.4 is 0 Å². The molecule has 3 heteroatoms. The van der Waals surface area contributed by atoms with Crippen LogP contribution in [-0.4, -0.2) is 35.1 Å². The lowest BCUT2D eigenvalue weighted by atomic mass is 9.97. The van der Waals surface area contributed by atoms with Gasteiger partial charge in [0.15, 0.2) is 0 Å². The molecule has 1 fully saturated rings. The molecule has 3 nitrogen and oxygen atoms in total. The van der Waals surface area contributed by atoms with Crippen molar-refractivity contribution in [2.24, 2.45) is 5.92 Å². The highest BCUT2D eigenvalue weighted by Gasteiger charge is 2.25. The predicted octanol–water partition coefficient (Wildman–Crippen LogP) is 2.49. The van der Waals surface area contributed by atoms with Crippen LogP contribution in [0.5, 0.6) is 0 Å². The van der Waals surface area contributed by atoms with Crippen LogP contribution in [0.4, 0.5) is 0 Å². The maximum atomic E-state index is 12.1. The van der Waals surface area contributed by atoms with Gasteiger partial charge in [-0.05, 0) is 36.0 Å². The second-order valence-corrected chi connectivity index (χ2v) is 5.55. The number of hydrogen-bond acceptors (Lipinski definition) is 2. The first-order valence-corrected chi connectivity index (χ1v) is 7.34. The van der Waals surface area contributed by atoms with Gasteiger partial charge in [0.2, 0.25) is 5.91 Å². The summed E-state index contributed by atoms with van der Waals surface area (Å²) in [5.74, 6) is 0.188. The van der Waals surface area contributed by atoms with E-state index in [1.54, 1.807) is 6.08 Å². The largest absolute Gasteiger partial charge is 0.393 e. The van der Waals surface area contributed by atoms with E-state index in [-0.39, 0.29) is 17.9 Å². The third-order valence-electron chi connectivity index (χ3n) is 3.98. The number of hydrogen-bond donors (Lipinski definition) is 1. The summed E-state index contributed by atoms with van der Waals surface area (Å²) >= 11 is 0. The molecule has 0 spiro atoms. The van der Waals surface area contributed by atoms with Crippen molar-refractivity contribution in [3.63, 3.8) is 0 Å². The quantitative estimate of drug-likeness (QED) is 0.860. The Labute approximate surface area is 120 Å². The molecule has 0 saturated carbocycles. The molecule has 108 valence electrons. The molecule has 0 radical (unpaired) electrons. The monoisotopic (exact) mass is 273 g/mol. The zero-order chi connectivity index (χ0) is 14.5. The van der Waals surface area contributed by atoms with Crippen molar-refractivity contribution < 1.29 is 9.90 Å². The summed E-state index contributed by atoms with van der Waals surface area (Å²) in [5, 5.41) is 9.68. The fraction of sp³-hybridized carbons (Fsp3) is 0.471. The molecule has 1 heterocycles. The van der Waals surface area contributed by atoms with Gasteiger partial charge >= 0.3 is 0 Å². The van der Waals surface area contributed by atoms with Gasteiger partial charge in [-0.2, -0.15) is 0 Å². The van der Waals surface area contributed by atoms with Crippen molar-refractivity contribution in [1.29, 1.82) is 0 Å². The highest BCUT2D eigenvalue weighted by molar-refractivity contribution is 5.91. The summed E-state index contributed by atoms with van der Waals surface area (Å²) in [6.45, 7) is 5.39. The summed E-state index contributed by atoms with van der Waals surface area (Å²) in [4.78, 5) is 13.9. The zero-order valence-corrected chi connectivity index (χ0v) is 12.2. The second-order valence-electron chi connectivity index (χ2n) is 5.55. The maximum absolute atomic E-state index is 12.1. The van der Waals surface area contributed by atoms with Gasteiger partial charge in [-0.15, -0.1) is 0 Å². The normalized spacial score (nSPS) is 23.2. The second kappa shape index (κ2) is 6.71. The third kappa shape index (κ3) is 3.70. The van der Waals surface area contributed by atoms with E-state index < -0.39 is 0 Å². The van der Waals surface area contributed by atoms with Gasteiger partial charge in [-0.25, -0.2) is 0 Å². The van der Waals surface area contributed by atoms with Gasteiger partial charge in [0, 0.05) is 19.2 Å². The number of aryl methyl sites for hydroxylation is 1. The van der Waals surface area contributed by atoms with Crippen molar-refractivity contribution in [1.82, 2.24) is 4.90 Å². The third-order valence-corrected chi connectivity index (χ3v) is 3.98. The number of aliphatic hydroxyl groups is 1. The summed E-state index contributed by atoms with van der Waals surface area (Å²) in [6.07, 6.45) is 4.91. The molecule has 1 N–H and O–H groups in total. The van der Waals surface area contributed by atoms with E-state index in [0.29, 0.717) is 19.5 Å². The van der Waals surface area contributed by atoms with Gasteiger partial charge in [0.25, 0.3) is 0 Å². The molecule has 1 aliphatic rings. The number of benzene rings is 1. The van der Waals surface area contributed by atoms with E-state index in [1.165, 1.54) is 5.56 Å². The average Bonchev–Trinajstić information content (AvgIpc) is 2.48. The van der Waals surface area contributed by atoms with Crippen LogP contribution in [0, 0.1) is 5.92 Å². The molecule has 2 rings (SSSR count). The minimum atomic E-state index is -0.274. The van der Waals surface area contributed by atoms with Gasteiger partial charge in [-0.1, -0.05) is 38.1 Å². The Morgan fingerprint density at radius 1 is 1.40 bits per heavy atom. The van der Waals surface area contributed by atoms with E-state index >= 15 is 0 Å². The van der Waals surface area contributed by atoms with Crippen molar-refractivity contribution >= 4 is 12.0 Å². The number of likely N-dealkylation sites (tertiary alicyclic amines) is 1. The fourth-order valence-electron chi connectivity index (χ4n) is 2.47. The molecule has 20 heavy (non-hydrogen) atoms. The Bertz CT molecular complexity index is 478. The first kappa shape index (κ1) is 14.8. The first-order chi connectivity index (χ1) is 9.60. The molecule has 1 aliphatic heterocycles. The Morgan fingerprint density at radius 3 is 2.70 bits per heavy atom. The average molecular weight is 273 g/mol. The summed E-state index contributed by atoms with van der Waals surface area (Å²) in [6, 6.07) is 8.24. The van der Waals surface area contributed by atoms with Crippen LogP contribution in [0.25, 0.3) is 6.08 Å². The van der Waals surface area contributed by atoms with Gasteiger partial charge in [0.05, 0.1) is 6.10 Å². The van der Waals surface area contributed by atoms with Crippen LogP contribution in [0.15, 0.2) is 30.3 Å². The van der Waals surface area contributed by atoms with Crippen molar-refractivity contribution in [2.45, 2.75) is 32.8 Å². The van der Waals surface area contributed by atoms with E-state index in [4.69, 9.17) is 0 Å². The number of piperidine rings is 1. The van der Waals surface area contributed by atoms with E-state index in [9.17, 15) is 9.90 Å². The molecule has 0 aliphatic carbocycles. The highest BCUT2D eigenvalue weighted by Crippen LogP contribution is 2.17. The molecular formula is C17H23NO2. The lowest BCUT2D eigenvalue weighted by Gasteiger charge is -2.33. The Kier molecular flexibility index (Phi) is 4.96. The number of rotatable bonds is 3. The van der Waals surface area contributed by atoms with Crippen molar-refractivity contribution in [2.75, 3.05) is 13.1 Å². The molecule has 0 aromatic heterocycles. The first-order valence-electron chi connectivity index (χ1n) is 7.34. The van der Waals surface area contributed by atoms with E-state index in [1.807, 2.05) is 30.0 Å². The zero-order valence-electron chi connectivity index (χ0n) is 12.2. The minimum absolute atomic E-state index is 0.0309. The number of carbonyl (C=O) groups is 1. The van der Waals surface area contributed by atoms with E-state index in [0.717, 1.165) is 12.0 Å². The molecule has 1 saturated heterocycles. The summed E-state index contributed by atoms with van der Waals surface area (Å²) in [7, 11) is 0. The lowest BCUT2D eigenvalue weighted by molar-refractivity contribution is -0.129. The molecular weight excluding hydrogens is 250 g/mol. The molecule has 2 atom stereocenters. The number of nitrogens with zero attached hydrogens (tertiary/aromatic N) is 1. The maximum Gasteiger partial charge on any atom is 0.246 e. The lowest BCUT2D eigenvalue weighted by Crippen LogP contribution is -2.44. The summed E-state index contributed by atoms with van der Waals surface area (Å²) in [5.41, 5.74) is 2.34. The summed E-state index contributed by atoms with van der Waals surface area (Å²) < 4.78 is 0. The molecule has 2 unspecified atom stereocenters. The van der Waals surface area contributed by atoms with Crippen LogP contribution in [0.1, 0.15) is 31.4 Å². The van der Waals surface area contributed by atoms with Crippen LogP contribution in [0.3, 0.4) is 0 Å². The number of carbonyl (C=O) groups excluding carboxylic acids is 1. The van der Waals surface area contributed by atoms with Gasteiger partial charge in [-0.3, -0.25) is 4.79 Å². The Balaban J connectivity index is 1.94. The molecule has 1 amide bonds. The smallest absolute Gasteiger partial charge is 0.246 e. The fourth-order valence-corrected chi connectivity index (χ4v) is 2.47. The molecule has 1 aromatic rings. The van der Waals surface area contributed by atoms with Crippen LogP contribution in [0.2, 0.25) is 0 Å². The van der Waals surface area contributed by atoms with Crippen molar-refractivity contribution in [3.05, 3.63) is 41.5 Å². The highest BCUT2D eigenvalue weighted by atomic mass is 16.3. The minimum Gasteiger partial charge on any atom is -0.393 e. The standard InChI is InChI=1S/C17H23NO2/c1-3-14-4-6-15(7-5-14)8-9-17(20)18-11-10-16(19)13(2)12-18/h4-9,13,16,19H,3,10-12H2,1-2H3/b9-8+. The Hall–Kier alpha value is -1.61.